The largest absolute Gasteiger partial charge is 0.454 e. The van der Waals surface area contributed by atoms with E-state index in [1.807, 2.05) is 31.2 Å². The lowest BCUT2D eigenvalue weighted by Gasteiger charge is -2.06. The van der Waals surface area contributed by atoms with Gasteiger partial charge in [0.05, 0.1) is 5.56 Å². The standard InChI is InChI=1S/C22H25NO4/c1-3-17-6-12-20(13-7-17)22(26)27-15-21(25)19-10-8-18(9-11-19)5-4-14-23-16(2)24/h6-13H,3-5,14-15H2,1-2H3,(H,23,24). The van der Waals surface area contributed by atoms with Gasteiger partial charge in [0, 0.05) is 19.0 Å². The maximum absolute atomic E-state index is 12.2. The second kappa shape index (κ2) is 10.3. The van der Waals surface area contributed by atoms with E-state index in [-0.39, 0.29) is 18.3 Å². The number of rotatable bonds is 9. The van der Waals surface area contributed by atoms with E-state index < -0.39 is 5.97 Å². The lowest BCUT2D eigenvalue weighted by molar-refractivity contribution is -0.118. The molecule has 5 heteroatoms. The number of ether oxygens (including phenoxy) is 1. The van der Waals surface area contributed by atoms with Gasteiger partial charge in [0.2, 0.25) is 5.91 Å². The molecule has 0 saturated heterocycles. The predicted molar refractivity (Wildman–Crippen MR) is 104 cm³/mol. The molecule has 0 saturated carbocycles. The molecule has 1 amide bonds. The molecule has 0 atom stereocenters. The van der Waals surface area contributed by atoms with Crippen LogP contribution in [0, 0.1) is 0 Å². The maximum atomic E-state index is 12.2. The number of hydrogen-bond donors (Lipinski definition) is 1. The first-order valence-electron chi connectivity index (χ1n) is 9.12. The molecule has 0 radical (unpaired) electrons. The first-order valence-corrected chi connectivity index (χ1v) is 9.12. The highest BCUT2D eigenvalue weighted by Gasteiger charge is 2.12. The van der Waals surface area contributed by atoms with Gasteiger partial charge < -0.3 is 10.1 Å². The van der Waals surface area contributed by atoms with Gasteiger partial charge in [-0.15, -0.1) is 0 Å². The third-order valence-corrected chi connectivity index (χ3v) is 4.22. The number of carbonyl (C=O) groups is 3. The number of benzene rings is 2. The normalized spacial score (nSPS) is 10.3. The van der Waals surface area contributed by atoms with Crippen molar-refractivity contribution in [2.45, 2.75) is 33.1 Å². The fraction of sp³-hybridized carbons (Fsp3) is 0.318. The second-order valence-corrected chi connectivity index (χ2v) is 6.33. The van der Waals surface area contributed by atoms with Crippen LogP contribution in [-0.2, 0) is 22.4 Å². The zero-order valence-corrected chi connectivity index (χ0v) is 15.8. The molecule has 142 valence electrons. The Labute approximate surface area is 159 Å². The van der Waals surface area contributed by atoms with Crippen LogP contribution in [0.5, 0.6) is 0 Å². The van der Waals surface area contributed by atoms with E-state index in [2.05, 4.69) is 5.32 Å². The van der Waals surface area contributed by atoms with Gasteiger partial charge in [-0.2, -0.15) is 0 Å². The molecule has 0 fully saturated rings. The predicted octanol–water partition coefficient (Wildman–Crippen LogP) is 3.36. The molecule has 2 aromatic rings. The molecular formula is C22H25NO4. The summed E-state index contributed by atoms with van der Waals surface area (Å²) in [6.45, 7) is 3.88. The molecule has 1 N–H and O–H groups in total. The van der Waals surface area contributed by atoms with Gasteiger partial charge in [-0.05, 0) is 42.5 Å². The summed E-state index contributed by atoms with van der Waals surface area (Å²) in [4.78, 5) is 35.0. The monoisotopic (exact) mass is 367 g/mol. The maximum Gasteiger partial charge on any atom is 0.338 e. The van der Waals surface area contributed by atoms with E-state index >= 15 is 0 Å². The van der Waals surface area contributed by atoms with Gasteiger partial charge in [0.15, 0.2) is 12.4 Å². The van der Waals surface area contributed by atoms with Crippen molar-refractivity contribution >= 4 is 17.7 Å². The van der Waals surface area contributed by atoms with E-state index in [9.17, 15) is 14.4 Å². The summed E-state index contributed by atoms with van der Waals surface area (Å²) in [6.07, 6.45) is 2.55. The zero-order chi connectivity index (χ0) is 19.6. The van der Waals surface area contributed by atoms with Gasteiger partial charge in [-0.25, -0.2) is 4.79 Å². The van der Waals surface area contributed by atoms with Crippen molar-refractivity contribution in [2.24, 2.45) is 0 Å². The van der Waals surface area contributed by atoms with Gasteiger partial charge >= 0.3 is 5.97 Å². The Hall–Kier alpha value is -2.95. The smallest absolute Gasteiger partial charge is 0.338 e. The highest BCUT2D eigenvalue weighted by Crippen LogP contribution is 2.10. The van der Waals surface area contributed by atoms with Crippen LogP contribution >= 0.6 is 0 Å². The number of hydrogen-bond acceptors (Lipinski definition) is 4. The fourth-order valence-corrected chi connectivity index (χ4v) is 2.59. The Morgan fingerprint density at radius 1 is 0.889 bits per heavy atom. The molecule has 0 bridgehead atoms. The van der Waals surface area contributed by atoms with Gasteiger partial charge in [-0.3, -0.25) is 9.59 Å². The minimum atomic E-state index is -0.499. The van der Waals surface area contributed by atoms with Crippen LogP contribution in [0.1, 0.15) is 52.1 Å². The van der Waals surface area contributed by atoms with Crippen molar-refractivity contribution in [2.75, 3.05) is 13.2 Å². The van der Waals surface area contributed by atoms with Gasteiger partial charge in [-0.1, -0.05) is 43.3 Å². The molecule has 0 aromatic heterocycles. The summed E-state index contributed by atoms with van der Waals surface area (Å²) in [5, 5.41) is 2.75. The van der Waals surface area contributed by atoms with Crippen molar-refractivity contribution in [1.29, 1.82) is 0 Å². The molecule has 0 aliphatic rings. The molecule has 0 aliphatic carbocycles. The van der Waals surface area contributed by atoms with Crippen molar-refractivity contribution in [3.8, 4) is 0 Å². The number of nitrogens with one attached hydrogen (secondary N) is 1. The average Bonchev–Trinajstić information content (AvgIpc) is 2.69. The quantitative estimate of drug-likeness (QED) is 0.419. The molecule has 27 heavy (non-hydrogen) atoms. The molecule has 2 rings (SSSR count). The first kappa shape index (κ1) is 20.4. The number of aryl methyl sites for hydroxylation is 2. The van der Waals surface area contributed by atoms with Crippen molar-refractivity contribution in [3.63, 3.8) is 0 Å². The average molecular weight is 367 g/mol. The summed E-state index contributed by atoms with van der Waals surface area (Å²) in [5.74, 6) is -0.772. The molecule has 0 unspecified atom stereocenters. The summed E-state index contributed by atoms with van der Waals surface area (Å²) in [7, 11) is 0. The van der Waals surface area contributed by atoms with E-state index in [0.717, 1.165) is 30.4 Å². The second-order valence-electron chi connectivity index (χ2n) is 6.33. The first-order chi connectivity index (χ1) is 13.0. The minimum absolute atomic E-state index is 0.0354. The highest BCUT2D eigenvalue weighted by atomic mass is 16.5. The molecular weight excluding hydrogens is 342 g/mol. The molecule has 2 aromatic carbocycles. The minimum Gasteiger partial charge on any atom is -0.454 e. The molecule has 0 heterocycles. The number of esters is 1. The van der Waals surface area contributed by atoms with E-state index in [4.69, 9.17) is 4.74 Å². The SMILES string of the molecule is CCc1ccc(C(=O)OCC(=O)c2ccc(CCCNC(C)=O)cc2)cc1. The van der Waals surface area contributed by atoms with Crippen molar-refractivity contribution in [3.05, 3.63) is 70.8 Å². The fourth-order valence-electron chi connectivity index (χ4n) is 2.59. The van der Waals surface area contributed by atoms with Crippen molar-refractivity contribution in [1.82, 2.24) is 5.32 Å². The van der Waals surface area contributed by atoms with E-state index in [0.29, 0.717) is 17.7 Å². The van der Waals surface area contributed by atoms with Crippen LogP contribution in [-0.4, -0.2) is 30.8 Å². The zero-order valence-electron chi connectivity index (χ0n) is 15.8. The van der Waals surface area contributed by atoms with Crippen LogP contribution in [0.4, 0.5) is 0 Å². The van der Waals surface area contributed by atoms with Crippen molar-refractivity contribution < 1.29 is 19.1 Å². The van der Waals surface area contributed by atoms with Crippen LogP contribution in [0.3, 0.4) is 0 Å². The van der Waals surface area contributed by atoms with Crippen LogP contribution in [0.15, 0.2) is 48.5 Å². The lowest BCUT2D eigenvalue weighted by atomic mass is 10.1. The Morgan fingerprint density at radius 2 is 1.48 bits per heavy atom. The van der Waals surface area contributed by atoms with Crippen LogP contribution in [0.2, 0.25) is 0 Å². The van der Waals surface area contributed by atoms with Gasteiger partial charge in [0.1, 0.15) is 0 Å². The Kier molecular flexibility index (Phi) is 7.74. The molecule has 5 nitrogen and oxygen atoms in total. The van der Waals surface area contributed by atoms with Gasteiger partial charge in [0.25, 0.3) is 0 Å². The summed E-state index contributed by atoms with van der Waals surface area (Å²) in [5.41, 5.74) is 3.17. The highest BCUT2D eigenvalue weighted by molar-refractivity contribution is 5.99. The number of ketones is 1. The third-order valence-electron chi connectivity index (χ3n) is 4.22. The Bertz CT molecular complexity index is 779. The Morgan fingerprint density at radius 3 is 2.07 bits per heavy atom. The van der Waals surface area contributed by atoms with Crippen LogP contribution in [0.25, 0.3) is 0 Å². The summed E-state index contributed by atoms with van der Waals surface area (Å²) in [6, 6.07) is 14.4. The summed E-state index contributed by atoms with van der Waals surface area (Å²) < 4.78 is 5.12. The number of amides is 1. The Balaban J connectivity index is 1.81. The summed E-state index contributed by atoms with van der Waals surface area (Å²) >= 11 is 0. The topological polar surface area (TPSA) is 72.5 Å². The van der Waals surface area contributed by atoms with Crippen LogP contribution < -0.4 is 5.32 Å². The third kappa shape index (κ3) is 6.70. The van der Waals surface area contributed by atoms with E-state index in [1.165, 1.54) is 6.92 Å². The molecule has 0 aliphatic heterocycles. The molecule has 0 spiro atoms. The number of Topliss-reactive ketones (excluding diaryl/α,β-unsaturated/α-hetero) is 1. The lowest BCUT2D eigenvalue weighted by Crippen LogP contribution is -2.21. The van der Waals surface area contributed by atoms with E-state index in [1.54, 1.807) is 24.3 Å². The number of carbonyl (C=O) groups excluding carboxylic acids is 3.